The molecule has 0 saturated heterocycles. The lowest BCUT2D eigenvalue weighted by Gasteiger charge is -2.22. The molecule has 5 heteroatoms. The van der Waals surface area contributed by atoms with Gasteiger partial charge in [-0.3, -0.25) is 4.79 Å². The number of carbonyl (C=O) groups excluding carboxylic acids is 1. The van der Waals surface area contributed by atoms with Crippen LogP contribution < -0.4 is 5.32 Å². The maximum absolute atomic E-state index is 11.5. The largest absolute Gasteiger partial charge is 0.411 e. The number of nitrogens with zero attached hydrogens (tertiary/aromatic N) is 1. The van der Waals surface area contributed by atoms with Crippen LogP contribution in [0.5, 0.6) is 0 Å². The van der Waals surface area contributed by atoms with Crippen molar-refractivity contribution in [2.24, 2.45) is 5.16 Å². The summed E-state index contributed by atoms with van der Waals surface area (Å²) in [5.41, 5.74) is 0.828. The Labute approximate surface area is 102 Å². The third kappa shape index (κ3) is 5.17. The summed E-state index contributed by atoms with van der Waals surface area (Å²) in [6, 6.07) is 0.200. The summed E-state index contributed by atoms with van der Waals surface area (Å²) in [5, 5.41) is 14.7. The van der Waals surface area contributed by atoms with Gasteiger partial charge in [-0.1, -0.05) is 12.1 Å². The molecule has 0 aromatic heterocycles. The SMILES string of the molecule is CCC(C)NC(=O)COC1CCC(=NO)CC1. The summed E-state index contributed by atoms with van der Waals surface area (Å²) in [5.74, 6) is -0.0547. The minimum absolute atomic E-state index is 0.0547. The summed E-state index contributed by atoms with van der Waals surface area (Å²) in [6.07, 6.45) is 4.21. The predicted molar refractivity (Wildman–Crippen MR) is 65.3 cm³/mol. The Morgan fingerprint density at radius 3 is 2.76 bits per heavy atom. The molecule has 1 atom stereocenters. The molecule has 0 heterocycles. The molecule has 0 aromatic rings. The first-order valence-corrected chi connectivity index (χ1v) is 6.26. The zero-order valence-electron chi connectivity index (χ0n) is 10.6. The second kappa shape index (κ2) is 7.27. The van der Waals surface area contributed by atoms with E-state index in [-0.39, 0.29) is 24.7 Å². The average Bonchev–Trinajstić information content (AvgIpc) is 2.36. The molecule has 0 aliphatic heterocycles. The van der Waals surface area contributed by atoms with Gasteiger partial charge in [-0.15, -0.1) is 0 Å². The van der Waals surface area contributed by atoms with Crippen molar-refractivity contribution >= 4 is 11.6 Å². The lowest BCUT2D eigenvalue weighted by Crippen LogP contribution is -2.36. The summed E-state index contributed by atoms with van der Waals surface area (Å²) in [4.78, 5) is 11.5. The van der Waals surface area contributed by atoms with Crippen molar-refractivity contribution < 1.29 is 14.7 Å². The van der Waals surface area contributed by atoms with Gasteiger partial charge in [-0.25, -0.2) is 0 Å². The van der Waals surface area contributed by atoms with Crippen molar-refractivity contribution in [3.8, 4) is 0 Å². The van der Waals surface area contributed by atoms with Gasteiger partial charge in [0.25, 0.3) is 0 Å². The van der Waals surface area contributed by atoms with Gasteiger partial charge in [-0.05, 0) is 39.0 Å². The van der Waals surface area contributed by atoms with E-state index in [0.29, 0.717) is 0 Å². The van der Waals surface area contributed by atoms with E-state index in [0.717, 1.165) is 37.8 Å². The molecule has 98 valence electrons. The molecule has 0 bridgehead atoms. The van der Waals surface area contributed by atoms with E-state index in [9.17, 15) is 4.79 Å². The van der Waals surface area contributed by atoms with Gasteiger partial charge in [0.15, 0.2) is 0 Å². The van der Waals surface area contributed by atoms with Crippen LogP contribution in [0.15, 0.2) is 5.16 Å². The molecular formula is C12H22N2O3. The molecule has 17 heavy (non-hydrogen) atoms. The second-order valence-electron chi connectivity index (χ2n) is 4.55. The summed E-state index contributed by atoms with van der Waals surface area (Å²) < 4.78 is 5.53. The van der Waals surface area contributed by atoms with Crippen LogP contribution in [0, 0.1) is 0 Å². The fourth-order valence-electron chi connectivity index (χ4n) is 1.80. The Kier molecular flexibility index (Phi) is 5.97. The maximum Gasteiger partial charge on any atom is 0.246 e. The van der Waals surface area contributed by atoms with Crippen LogP contribution in [-0.4, -0.2) is 35.6 Å². The first kappa shape index (κ1) is 14.0. The second-order valence-corrected chi connectivity index (χ2v) is 4.55. The van der Waals surface area contributed by atoms with Gasteiger partial charge < -0.3 is 15.3 Å². The third-order valence-corrected chi connectivity index (χ3v) is 3.12. The predicted octanol–water partition coefficient (Wildman–Crippen LogP) is 1.69. The Morgan fingerprint density at radius 2 is 2.24 bits per heavy atom. The molecule has 0 aromatic carbocycles. The summed E-state index contributed by atoms with van der Waals surface area (Å²) in [7, 11) is 0. The Bertz CT molecular complexity index is 269. The van der Waals surface area contributed by atoms with Crippen LogP contribution in [0.1, 0.15) is 46.0 Å². The Hall–Kier alpha value is -1.10. The number of rotatable bonds is 5. The number of oxime groups is 1. The molecule has 1 aliphatic carbocycles. The minimum atomic E-state index is -0.0547. The maximum atomic E-state index is 11.5. The van der Waals surface area contributed by atoms with E-state index in [1.54, 1.807) is 0 Å². The smallest absolute Gasteiger partial charge is 0.246 e. The van der Waals surface area contributed by atoms with Crippen molar-refractivity contribution in [3.63, 3.8) is 0 Å². The topological polar surface area (TPSA) is 70.9 Å². The minimum Gasteiger partial charge on any atom is -0.411 e. The van der Waals surface area contributed by atoms with Crippen LogP contribution in [0.2, 0.25) is 0 Å². The molecular weight excluding hydrogens is 220 g/mol. The fraction of sp³-hybridized carbons (Fsp3) is 0.833. The number of nitrogens with one attached hydrogen (secondary N) is 1. The average molecular weight is 242 g/mol. The first-order valence-electron chi connectivity index (χ1n) is 6.26. The van der Waals surface area contributed by atoms with Crippen molar-refractivity contribution in [3.05, 3.63) is 0 Å². The molecule has 5 nitrogen and oxygen atoms in total. The molecule has 1 saturated carbocycles. The van der Waals surface area contributed by atoms with Gasteiger partial charge in [0.1, 0.15) is 6.61 Å². The zero-order valence-corrected chi connectivity index (χ0v) is 10.6. The summed E-state index contributed by atoms with van der Waals surface area (Å²) >= 11 is 0. The van der Waals surface area contributed by atoms with Crippen molar-refractivity contribution in [1.29, 1.82) is 0 Å². The first-order chi connectivity index (χ1) is 8.15. The molecule has 0 spiro atoms. The number of carbonyl (C=O) groups is 1. The van der Waals surface area contributed by atoms with E-state index in [1.165, 1.54) is 0 Å². The highest BCUT2D eigenvalue weighted by Gasteiger charge is 2.19. The molecule has 2 N–H and O–H groups in total. The highest BCUT2D eigenvalue weighted by atomic mass is 16.5. The van der Waals surface area contributed by atoms with E-state index >= 15 is 0 Å². The monoisotopic (exact) mass is 242 g/mol. The van der Waals surface area contributed by atoms with Crippen LogP contribution in [0.4, 0.5) is 0 Å². The lowest BCUT2D eigenvalue weighted by atomic mass is 9.96. The number of ether oxygens (including phenoxy) is 1. The highest BCUT2D eigenvalue weighted by molar-refractivity contribution is 5.84. The summed E-state index contributed by atoms with van der Waals surface area (Å²) in [6.45, 7) is 4.13. The quantitative estimate of drug-likeness (QED) is 0.569. The van der Waals surface area contributed by atoms with Gasteiger partial charge in [-0.2, -0.15) is 0 Å². The van der Waals surface area contributed by atoms with Gasteiger partial charge >= 0.3 is 0 Å². The van der Waals surface area contributed by atoms with Gasteiger partial charge in [0.05, 0.1) is 11.8 Å². The molecule has 1 amide bonds. The van der Waals surface area contributed by atoms with Gasteiger partial charge in [0.2, 0.25) is 5.91 Å². The molecule has 0 radical (unpaired) electrons. The molecule has 1 rings (SSSR count). The molecule has 1 fully saturated rings. The Balaban J connectivity index is 2.17. The lowest BCUT2D eigenvalue weighted by molar-refractivity contribution is -0.128. The van der Waals surface area contributed by atoms with Crippen LogP contribution >= 0.6 is 0 Å². The van der Waals surface area contributed by atoms with E-state index in [1.807, 2.05) is 13.8 Å². The number of hydrogen-bond donors (Lipinski definition) is 2. The van der Waals surface area contributed by atoms with Crippen LogP contribution in [0.3, 0.4) is 0 Å². The van der Waals surface area contributed by atoms with E-state index in [4.69, 9.17) is 9.94 Å². The van der Waals surface area contributed by atoms with Crippen LogP contribution in [-0.2, 0) is 9.53 Å². The third-order valence-electron chi connectivity index (χ3n) is 3.12. The highest BCUT2D eigenvalue weighted by Crippen LogP contribution is 2.18. The van der Waals surface area contributed by atoms with Crippen LogP contribution in [0.25, 0.3) is 0 Å². The van der Waals surface area contributed by atoms with E-state index in [2.05, 4.69) is 10.5 Å². The molecule has 1 aliphatic rings. The van der Waals surface area contributed by atoms with Crippen molar-refractivity contribution in [2.45, 2.75) is 58.1 Å². The zero-order chi connectivity index (χ0) is 12.7. The Morgan fingerprint density at radius 1 is 1.59 bits per heavy atom. The normalized spacial score (nSPS) is 22.0. The number of hydrogen-bond acceptors (Lipinski definition) is 4. The standard InChI is InChI=1S/C12H22N2O3/c1-3-9(2)13-12(15)8-17-11-6-4-10(14-16)5-7-11/h9,11,16H,3-8H2,1-2H3,(H,13,15). The number of amides is 1. The van der Waals surface area contributed by atoms with Crippen molar-refractivity contribution in [2.75, 3.05) is 6.61 Å². The van der Waals surface area contributed by atoms with Gasteiger partial charge in [0, 0.05) is 6.04 Å². The van der Waals surface area contributed by atoms with Crippen molar-refractivity contribution in [1.82, 2.24) is 5.32 Å². The molecule has 1 unspecified atom stereocenters. The fourth-order valence-corrected chi connectivity index (χ4v) is 1.80. The van der Waals surface area contributed by atoms with E-state index < -0.39 is 0 Å².